The van der Waals surface area contributed by atoms with E-state index >= 15 is 0 Å². The Labute approximate surface area is 185 Å². The Bertz CT molecular complexity index is 1180. The summed E-state index contributed by atoms with van der Waals surface area (Å²) in [5, 5.41) is 4.10. The molecule has 32 heavy (non-hydrogen) atoms. The second kappa shape index (κ2) is 8.72. The molecule has 1 amide bonds. The second-order valence-electron chi connectivity index (χ2n) is 7.82. The van der Waals surface area contributed by atoms with E-state index in [1.54, 1.807) is 23.3 Å². The molecular formula is C23H23N7O2. The van der Waals surface area contributed by atoms with Crippen LogP contribution in [0.15, 0.2) is 65.8 Å². The van der Waals surface area contributed by atoms with Crippen molar-refractivity contribution in [1.82, 2.24) is 34.5 Å². The molecule has 1 aliphatic heterocycles. The number of rotatable bonds is 5. The maximum absolute atomic E-state index is 12.9. The smallest absolute Gasteiger partial charge is 0.255 e. The van der Waals surface area contributed by atoms with Crippen LogP contribution in [0, 0.1) is 6.92 Å². The molecule has 9 heteroatoms. The first-order valence-electron chi connectivity index (χ1n) is 10.5. The molecule has 9 nitrogen and oxygen atoms in total. The molecule has 0 aliphatic carbocycles. The van der Waals surface area contributed by atoms with Crippen LogP contribution < -0.4 is 0 Å². The van der Waals surface area contributed by atoms with Gasteiger partial charge in [0, 0.05) is 50.3 Å². The Kier molecular flexibility index (Phi) is 5.47. The van der Waals surface area contributed by atoms with Gasteiger partial charge in [-0.2, -0.15) is 4.98 Å². The van der Waals surface area contributed by atoms with Gasteiger partial charge in [-0.1, -0.05) is 35.0 Å². The van der Waals surface area contributed by atoms with Crippen LogP contribution in [0.2, 0.25) is 0 Å². The van der Waals surface area contributed by atoms with E-state index in [4.69, 9.17) is 4.52 Å². The third-order valence-corrected chi connectivity index (χ3v) is 5.56. The lowest BCUT2D eigenvalue weighted by atomic mass is 10.1. The Hall–Kier alpha value is -3.85. The third kappa shape index (κ3) is 4.28. The number of hydrogen-bond acceptors (Lipinski definition) is 7. The monoisotopic (exact) mass is 429 g/mol. The molecule has 0 atom stereocenters. The predicted molar refractivity (Wildman–Crippen MR) is 117 cm³/mol. The zero-order chi connectivity index (χ0) is 21.9. The highest BCUT2D eigenvalue weighted by atomic mass is 16.5. The zero-order valence-corrected chi connectivity index (χ0v) is 17.8. The van der Waals surface area contributed by atoms with Crippen molar-refractivity contribution < 1.29 is 9.32 Å². The molecule has 1 saturated heterocycles. The Balaban J connectivity index is 1.16. The van der Waals surface area contributed by atoms with Crippen LogP contribution in [0.1, 0.15) is 21.8 Å². The molecule has 0 radical (unpaired) electrons. The largest absolute Gasteiger partial charge is 0.338 e. The first-order chi connectivity index (χ1) is 15.7. The molecule has 0 bridgehead atoms. The second-order valence-corrected chi connectivity index (χ2v) is 7.82. The van der Waals surface area contributed by atoms with Crippen LogP contribution in [0.3, 0.4) is 0 Å². The topological polar surface area (TPSA) is 93.2 Å². The number of hydrogen-bond donors (Lipinski definition) is 0. The summed E-state index contributed by atoms with van der Waals surface area (Å²) in [5.41, 5.74) is 2.71. The van der Waals surface area contributed by atoms with Crippen molar-refractivity contribution >= 4 is 5.91 Å². The first-order valence-corrected chi connectivity index (χ1v) is 10.5. The minimum atomic E-state index is -0.00576. The molecule has 0 N–H and O–H groups in total. The molecule has 1 fully saturated rings. The van der Waals surface area contributed by atoms with Gasteiger partial charge in [-0.25, -0.2) is 9.97 Å². The van der Waals surface area contributed by atoms with Gasteiger partial charge < -0.3 is 9.42 Å². The molecular weight excluding hydrogens is 406 g/mol. The summed E-state index contributed by atoms with van der Waals surface area (Å²) < 4.78 is 7.24. The fourth-order valence-corrected chi connectivity index (χ4v) is 3.68. The molecule has 4 aromatic rings. The molecule has 0 saturated carbocycles. The molecule has 162 valence electrons. The predicted octanol–water partition coefficient (Wildman–Crippen LogP) is 2.58. The lowest BCUT2D eigenvalue weighted by molar-refractivity contribution is 0.0614. The number of nitrogens with zero attached hydrogens (tertiary/aromatic N) is 7. The normalized spacial score (nSPS) is 14.6. The van der Waals surface area contributed by atoms with E-state index in [2.05, 4.69) is 25.0 Å². The highest BCUT2D eigenvalue weighted by Crippen LogP contribution is 2.18. The number of benzene rings is 1. The van der Waals surface area contributed by atoms with Crippen LogP contribution in [0.5, 0.6) is 0 Å². The SMILES string of the molecule is Cc1ccc(-c2noc(CN3CCN(C(=O)c4ccc(-n5ccnc5)nc4)CC3)n2)cc1. The molecule has 5 rings (SSSR count). The van der Waals surface area contributed by atoms with E-state index in [9.17, 15) is 4.79 Å². The highest BCUT2D eigenvalue weighted by molar-refractivity contribution is 5.94. The zero-order valence-electron chi connectivity index (χ0n) is 17.8. The third-order valence-electron chi connectivity index (χ3n) is 5.56. The average molecular weight is 429 g/mol. The quantitative estimate of drug-likeness (QED) is 0.481. The number of amides is 1. The van der Waals surface area contributed by atoms with Gasteiger partial charge in [0.05, 0.1) is 12.1 Å². The van der Waals surface area contributed by atoms with Crippen molar-refractivity contribution in [1.29, 1.82) is 0 Å². The average Bonchev–Trinajstić information content (AvgIpc) is 3.53. The number of carbonyl (C=O) groups is 1. The van der Waals surface area contributed by atoms with Crippen molar-refractivity contribution in [3.63, 3.8) is 0 Å². The highest BCUT2D eigenvalue weighted by Gasteiger charge is 2.24. The summed E-state index contributed by atoms with van der Waals surface area (Å²) in [7, 11) is 0. The van der Waals surface area contributed by atoms with E-state index in [0.29, 0.717) is 36.9 Å². The van der Waals surface area contributed by atoms with E-state index in [1.807, 2.05) is 54.4 Å². The number of piperazine rings is 1. The van der Waals surface area contributed by atoms with Crippen molar-refractivity contribution in [2.75, 3.05) is 26.2 Å². The van der Waals surface area contributed by atoms with Gasteiger partial charge in [0.15, 0.2) is 0 Å². The van der Waals surface area contributed by atoms with E-state index in [0.717, 1.165) is 24.5 Å². The molecule has 0 unspecified atom stereocenters. The van der Waals surface area contributed by atoms with Crippen LogP contribution in [0.25, 0.3) is 17.2 Å². The number of imidazole rings is 1. The van der Waals surface area contributed by atoms with Crippen LogP contribution >= 0.6 is 0 Å². The number of carbonyl (C=O) groups excluding carboxylic acids is 1. The Morgan fingerprint density at radius 3 is 2.56 bits per heavy atom. The minimum Gasteiger partial charge on any atom is -0.338 e. The molecule has 0 spiro atoms. The van der Waals surface area contributed by atoms with Gasteiger partial charge in [0.1, 0.15) is 12.1 Å². The maximum Gasteiger partial charge on any atom is 0.255 e. The van der Waals surface area contributed by atoms with E-state index in [1.165, 1.54) is 5.56 Å². The Morgan fingerprint density at radius 2 is 1.88 bits per heavy atom. The lowest BCUT2D eigenvalue weighted by Crippen LogP contribution is -2.48. The summed E-state index contributed by atoms with van der Waals surface area (Å²) in [6.45, 7) is 5.39. The number of aryl methyl sites for hydroxylation is 1. The first kappa shape index (κ1) is 20.1. The standard InChI is InChI=1S/C23H23N7O2/c1-17-2-4-18(5-3-17)22-26-21(32-27-22)15-28-10-12-29(13-11-28)23(31)19-6-7-20(25-14-19)30-9-8-24-16-30/h2-9,14,16H,10-13,15H2,1H3. The van der Waals surface area contributed by atoms with Crippen molar-refractivity contribution in [2.24, 2.45) is 0 Å². The summed E-state index contributed by atoms with van der Waals surface area (Å²) in [6.07, 6.45) is 6.80. The van der Waals surface area contributed by atoms with Crippen LogP contribution in [-0.2, 0) is 6.54 Å². The van der Waals surface area contributed by atoms with Gasteiger partial charge in [-0.05, 0) is 19.1 Å². The van der Waals surface area contributed by atoms with Crippen molar-refractivity contribution in [3.8, 4) is 17.2 Å². The Morgan fingerprint density at radius 1 is 1.06 bits per heavy atom. The van der Waals surface area contributed by atoms with Crippen molar-refractivity contribution in [2.45, 2.75) is 13.5 Å². The van der Waals surface area contributed by atoms with Gasteiger partial charge in [-0.15, -0.1) is 0 Å². The minimum absolute atomic E-state index is 0.00576. The van der Waals surface area contributed by atoms with Crippen LogP contribution in [0.4, 0.5) is 0 Å². The molecule has 1 aliphatic rings. The maximum atomic E-state index is 12.9. The van der Waals surface area contributed by atoms with E-state index < -0.39 is 0 Å². The van der Waals surface area contributed by atoms with Gasteiger partial charge in [0.25, 0.3) is 5.91 Å². The summed E-state index contributed by atoms with van der Waals surface area (Å²) in [5.74, 6) is 1.90. The molecule has 4 heterocycles. The lowest BCUT2D eigenvalue weighted by Gasteiger charge is -2.33. The fourth-order valence-electron chi connectivity index (χ4n) is 3.68. The summed E-state index contributed by atoms with van der Waals surface area (Å²) in [6, 6.07) is 11.7. The summed E-state index contributed by atoms with van der Waals surface area (Å²) in [4.78, 5) is 29.8. The fraction of sp³-hybridized carbons (Fsp3) is 0.261. The summed E-state index contributed by atoms with van der Waals surface area (Å²) >= 11 is 0. The van der Waals surface area contributed by atoms with Crippen LogP contribution in [-0.4, -0.2) is 66.6 Å². The molecule has 3 aromatic heterocycles. The van der Waals surface area contributed by atoms with E-state index in [-0.39, 0.29) is 5.91 Å². The van der Waals surface area contributed by atoms with Gasteiger partial charge in [-0.3, -0.25) is 14.3 Å². The van der Waals surface area contributed by atoms with Gasteiger partial charge >= 0.3 is 0 Å². The van der Waals surface area contributed by atoms with Gasteiger partial charge in [0.2, 0.25) is 11.7 Å². The molecule has 1 aromatic carbocycles. The number of pyridine rings is 1. The van der Waals surface area contributed by atoms with Crippen molar-refractivity contribution in [3.05, 3.63) is 78.3 Å². The number of aromatic nitrogens is 5.